The van der Waals surface area contributed by atoms with Crippen molar-refractivity contribution >= 4 is 0 Å². The molecule has 1 rings (SSSR count). The molecular formula is C15H22F4N2. The van der Waals surface area contributed by atoms with E-state index in [4.69, 9.17) is 5.73 Å². The fraction of sp³-hybridized carbons (Fsp3) is 0.600. The molecule has 2 nitrogen and oxygen atoms in total. The Morgan fingerprint density at radius 3 is 2.38 bits per heavy atom. The molecule has 0 bridgehead atoms. The average Bonchev–Trinajstić information content (AvgIpc) is 2.39. The van der Waals surface area contributed by atoms with Gasteiger partial charge < -0.3 is 5.73 Å². The molecule has 0 saturated carbocycles. The lowest BCUT2D eigenvalue weighted by molar-refractivity contribution is -0.140. The van der Waals surface area contributed by atoms with Crippen LogP contribution < -0.4 is 5.73 Å². The van der Waals surface area contributed by atoms with Gasteiger partial charge in [0.15, 0.2) is 0 Å². The van der Waals surface area contributed by atoms with Crippen LogP contribution in [-0.4, -0.2) is 25.0 Å². The molecule has 0 radical (unpaired) electrons. The third kappa shape index (κ3) is 4.68. The van der Waals surface area contributed by atoms with E-state index >= 15 is 0 Å². The van der Waals surface area contributed by atoms with E-state index in [1.165, 1.54) is 6.07 Å². The maximum Gasteiger partial charge on any atom is 0.419 e. The van der Waals surface area contributed by atoms with Gasteiger partial charge >= 0.3 is 6.18 Å². The summed E-state index contributed by atoms with van der Waals surface area (Å²) < 4.78 is 51.7. The van der Waals surface area contributed by atoms with Gasteiger partial charge in [-0.3, -0.25) is 4.90 Å². The molecule has 1 aromatic rings. The molecule has 0 heterocycles. The van der Waals surface area contributed by atoms with Gasteiger partial charge in [0.05, 0.1) is 5.56 Å². The molecule has 0 spiro atoms. The van der Waals surface area contributed by atoms with Crippen molar-refractivity contribution in [1.82, 2.24) is 4.90 Å². The molecule has 2 atom stereocenters. The number of halogens is 4. The van der Waals surface area contributed by atoms with Gasteiger partial charge in [0.25, 0.3) is 0 Å². The second-order valence-corrected chi connectivity index (χ2v) is 5.44. The first kappa shape index (κ1) is 17.9. The monoisotopic (exact) mass is 306 g/mol. The van der Waals surface area contributed by atoms with Crippen molar-refractivity contribution in [3.05, 3.63) is 35.1 Å². The third-order valence-electron chi connectivity index (χ3n) is 3.73. The quantitative estimate of drug-likeness (QED) is 0.810. The summed E-state index contributed by atoms with van der Waals surface area (Å²) in [4.78, 5) is 1.92. The number of hydrogen-bond donors (Lipinski definition) is 1. The Morgan fingerprint density at radius 2 is 1.90 bits per heavy atom. The zero-order valence-corrected chi connectivity index (χ0v) is 12.5. The van der Waals surface area contributed by atoms with Crippen molar-refractivity contribution in [2.75, 3.05) is 20.1 Å². The van der Waals surface area contributed by atoms with E-state index in [0.717, 1.165) is 25.1 Å². The van der Waals surface area contributed by atoms with Gasteiger partial charge in [0.2, 0.25) is 0 Å². The van der Waals surface area contributed by atoms with Gasteiger partial charge in [-0.15, -0.1) is 0 Å². The van der Waals surface area contributed by atoms with E-state index < -0.39 is 17.6 Å². The minimum absolute atomic E-state index is 0.176. The molecule has 120 valence electrons. The predicted molar refractivity (Wildman–Crippen MR) is 75.3 cm³/mol. The highest BCUT2D eigenvalue weighted by Crippen LogP contribution is 2.33. The Labute approximate surface area is 122 Å². The van der Waals surface area contributed by atoms with Crippen molar-refractivity contribution in [2.45, 2.75) is 32.5 Å². The van der Waals surface area contributed by atoms with E-state index in [0.29, 0.717) is 11.5 Å². The van der Waals surface area contributed by atoms with Gasteiger partial charge in [0.1, 0.15) is 5.82 Å². The zero-order chi connectivity index (χ0) is 16.2. The molecule has 0 amide bonds. The second kappa shape index (κ2) is 7.22. The first-order valence-electron chi connectivity index (χ1n) is 6.97. The Hall–Kier alpha value is -1.14. The van der Waals surface area contributed by atoms with Gasteiger partial charge in [-0.2, -0.15) is 13.2 Å². The standard InChI is InChI=1S/C15H22F4N2/c1-4-10(2)9-21(3)14(8-20)11-5-6-13(16)12(7-11)15(17,18)19/h5-7,10,14H,4,8-9,20H2,1-3H3. The minimum Gasteiger partial charge on any atom is -0.329 e. The molecule has 0 aliphatic carbocycles. The van der Waals surface area contributed by atoms with Crippen LogP contribution in [0.1, 0.15) is 37.4 Å². The number of nitrogens with zero attached hydrogens (tertiary/aromatic N) is 1. The van der Waals surface area contributed by atoms with Crippen LogP contribution in [-0.2, 0) is 6.18 Å². The Kier molecular flexibility index (Phi) is 6.16. The summed E-state index contributed by atoms with van der Waals surface area (Å²) in [5.74, 6) is -0.849. The highest BCUT2D eigenvalue weighted by atomic mass is 19.4. The highest BCUT2D eigenvalue weighted by Gasteiger charge is 2.35. The molecule has 1 aromatic carbocycles. The lowest BCUT2D eigenvalue weighted by Crippen LogP contribution is -2.33. The summed E-state index contributed by atoms with van der Waals surface area (Å²) in [6, 6.07) is 2.73. The minimum atomic E-state index is -4.70. The maximum absolute atomic E-state index is 13.3. The topological polar surface area (TPSA) is 29.3 Å². The van der Waals surface area contributed by atoms with Crippen LogP contribution in [0.15, 0.2) is 18.2 Å². The summed E-state index contributed by atoms with van der Waals surface area (Å²) in [6.45, 7) is 5.01. The van der Waals surface area contributed by atoms with E-state index in [9.17, 15) is 17.6 Å². The number of benzene rings is 1. The molecule has 0 aliphatic heterocycles. The molecule has 0 aliphatic rings. The Bertz CT molecular complexity index is 459. The van der Waals surface area contributed by atoms with Crippen LogP contribution in [0.25, 0.3) is 0 Å². The predicted octanol–water partition coefficient (Wildman–Crippen LogP) is 3.82. The van der Waals surface area contributed by atoms with Gasteiger partial charge in [-0.1, -0.05) is 26.3 Å². The summed E-state index contributed by atoms with van der Waals surface area (Å²) in [5.41, 5.74) is 4.85. The highest BCUT2D eigenvalue weighted by molar-refractivity contribution is 5.29. The summed E-state index contributed by atoms with van der Waals surface area (Å²) in [6.07, 6.45) is -3.73. The van der Waals surface area contributed by atoms with Crippen LogP contribution in [0.4, 0.5) is 17.6 Å². The Balaban J connectivity index is 3.06. The van der Waals surface area contributed by atoms with Gasteiger partial charge in [-0.05, 0) is 30.7 Å². The fourth-order valence-electron chi connectivity index (χ4n) is 2.29. The van der Waals surface area contributed by atoms with Crippen LogP contribution in [0.2, 0.25) is 0 Å². The smallest absolute Gasteiger partial charge is 0.329 e. The molecule has 2 N–H and O–H groups in total. The summed E-state index contributed by atoms with van der Waals surface area (Å²) in [5, 5.41) is 0. The first-order valence-corrected chi connectivity index (χ1v) is 6.97. The van der Waals surface area contributed by atoms with E-state index in [1.54, 1.807) is 0 Å². The van der Waals surface area contributed by atoms with E-state index in [2.05, 4.69) is 13.8 Å². The largest absolute Gasteiger partial charge is 0.419 e. The number of likely N-dealkylation sites (N-methyl/N-ethyl adjacent to an activating group) is 1. The molecule has 2 unspecified atom stereocenters. The maximum atomic E-state index is 13.3. The number of nitrogens with two attached hydrogens (primary N) is 1. The van der Waals surface area contributed by atoms with Crippen molar-refractivity contribution in [3.63, 3.8) is 0 Å². The molecule has 21 heavy (non-hydrogen) atoms. The number of rotatable bonds is 6. The zero-order valence-electron chi connectivity index (χ0n) is 12.5. The van der Waals surface area contributed by atoms with Crippen molar-refractivity contribution in [3.8, 4) is 0 Å². The second-order valence-electron chi connectivity index (χ2n) is 5.44. The van der Waals surface area contributed by atoms with Crippen LogP contribution in [0.3, 0.4) is 0 Å². The average molecular weight is 306 g/mol. The summed E-state index contributed by atoms with van der Waals surface area (Å²) >= 11 is 0. The van der Waals surface area contributed by atoms with Crippen LogP contribution in [0, 0.1) is 11.7 Å². The third-order valence-corrected chi connectivity index (χ3v) is 3.73. The summed E-state index contributed by atoms with van der Waals surface area (Å²) in [7, 11) is 1.82. The van der Waals surface area contributed by atoms with Crippen molar-refractivity contribution in [2.24, 2.45) is 11.7 Å². The van der Waals surface area contributed by atoms with Crippen LogP contribution in [0.5, 0.6) is 0 Å². The first-order chi connectivity index (χ1) is 9.70. The van der Waals surface area contributed by atoms with Crippen molar-refractivity contribution in [1.29, 1.82) is 0 Å². The molecule has 0 saturated heterocycles. The molecule has 0 fully saturated rings. The molecule has 6 heteroatoms. The number of hydrogen-bond acceptors (Lipinski definition) is 2. The molecular weight excluding hydrogens is 284 g/mol. The van der Waals surface area contributed by atoms with Crippen molar-refractivity contribution < 1.29 is 17.6 Å². The normalized spacial score (nSPS) is 15.3. The fourth-order valence-corrected chi connectivity index (χ4v) is 2.29. The SMILES string of the molecule is CCC(C)CN(C)C(CN)c1ccc(F)c(C(F)(F)F)c1. The van der Waals surface area contributed by atoms with Crippen LogP contribution >= 0.6 is 0 Å². The van der Waals surface area contributed by atoms with Gasteiger partial charge in [0, 0.05) is 19.1 Å². The molecule has 0 aromatic heterocycles. The Morgan fingerprint density at radius 1 is 1.29 bits per heavy atom. The van der Waals surface area contributed by atoms with Gasteiger partial charge in [-0.25, -0.2) is 4.39 Å². The van der Waals surface area contributed by atoms with E-state index in [1.807, 2.05) is 11.9 Å². The number of alkyl halides is 3. The lowest BCUT2D eigenvalue weighted by Gasteiger charge is -2.30. The lowest BCUT2D eigenvalue weighted by atomic mass is 10.0. The van der Waals surface area contributed by atoms with E-state index in [-0.39, 0.29) is 12.6 Å².